The molecule has 0 bridgehead atoms. The maximum Gasteiger partial charge on any atom is 0.249 e. The number of nitrogens with one attached hydrogen (secondary N) is 1. The molecular weight excluding hydrogens is 428 g/mol. The van der Waals surface area contributed by atoms with Gasteiger partial charge in [0.05, 0.1) is 4.90 Å². The van der Waals surface area contributed by atoms with E-state index >= 15 is 0 Å². The number of benzene rings is 2. The third kappa shape index (κ3) is 3.39. The standard InChI is InChI=1S/C16H15F2N5O4S2/c17-12-2-1-3-13(18)16(12)29(26,27)23-8-6-22(7-9-23)28(24,25)11-4-5-14-15(10-11)20-21-19-14/h1-5,10H,6-9H2,(H,19,20,21). The van der Waals surface area contributed by atoms with Gasteiger partial charge >= 0.3 is 0 Å². The summed E-state index contributed by atoms with van der Waals surface area (Å²) >= 11 is 0. The average Bonchev–Trinajstić information content (AvgIpc) is 3.15. The Balaban J connectivity index is 1.56. The Kier molecular flexibility index (Phi) is 4.85. The molecule has 0 amide bonds. The quantitative estimate of drug-likeness (QED) is 0.641. The smallest absolute Gasteiger partial charge is 0.207 e. The topological polar surface area (TPSA) is 116 Å². The van der Waals surface area contributed by atoms with Gasteiger partial charge in [0.2, 0.25) is 20.0 Å². The van der Waals surface area contributed by atoms with Crippen LogP contribution in [0.5, 0.6) is 0 Å². The van der Waals surface area contributed by atoms with Crippen LogP contribution >= 0.6 is 0 Å². The van der Waals surface area contributed by atoms with Crippen molar-refractivity contribution in [1.82, 2.24) is 24.0 Å². The van der Waals surface area contributed by atoms with Crippen LogP contribution < -0.4 is 0 Å². The molecule has 3 aromatic rings. The molecule has 13 heteroatoms. The molecule has 0 unspecified atom stereocenters. The molecule has 0 saturated carbocycles. The number of aromatic amines is 1. The molecule has 2 heterocycles. The number of halogens is 2. The van der Waals surface area contributed by atoms with Gasteiger partial charge < -0.3 is 0 Å². The van der Waals surface area contributed by atoms with Crippen LogP contribution in [0, 0.1) is 11.6 Å². The first-order valence-electron chi connectivity index (χ1n) is 8.46. The third-order valence-electron chi connectivity index (χ3n) is 4.64. The molecule has 1 aromatic heterocycles. The zero-order chi connectivity index (χ0) is 20.8. The first kappa shape index (κ1) is 19.8. The lowest BCUT2D eigenvalue weighted by molar-refractivity contribution is 0.271. The number of hydrogen-bond acceptors (Lipinski definition) is 6. The minimum absolute atomic E-state index is 0.00430. The molecule has 0 spiro atoms. The largest absolute Gasteiger partial charge is 0.249 e. The Morgan fingerprint density at radius 3 is 1.97 bits per heavy atom. The van der Waals surface area contributed by atoms with Crippen molar-refractivity contribution in [3.8, 4) is 0 Å². The Bertz CT molecular complexity index is 1270. The summed E-state index contributed by atoms with van der Waals surface area (Å²) in [5, 5.41) is 10.1. The predicted octanol–water partition coefficient (Wildman–Crippen LogP) is 0.931. The highest BCUT2D eigenvalue weighted by Crippen LogP contribution is 2.26. The van der Waals surface area contributed by atoms with Crippen molar-refractivity contribution in [2.45, 2.75) is 9.79 Å². The second kappa shape index (κ2) is 7.09. The van der Waals surface area contributed by atoms with Crippen LogP contribution in [0.4, 0.5) is 8.78 Å². The van der Waals surface area contributed by atoms with E-state index in [9.17, 15) is 25.6 Å². The van der Waals surface area contributed by atoms with Gasteiger partial charge in [0.25, 0.3) is 0 Å². The summed E-state index contributed by atoms with van der Waals surface area (Å²) in [7, 11) is -8.34. The second-order valence-corrected chi connectivity index (χ2v) is 10.1. The number of sulfonamides is 2. The van der Waals surface area contributed by atoms with E-state index in [1.54, 1.807) is 0 Å². The van der Waals surface area contributed by atoms with Crippen LogP contribution in [-0.2, 0) is 20.0 Å². The van der Waals surface area contributed by atoms with Crippen molar-refractivity contribution in [2.24, 2.45) is 0 Å². The van der Waals surface area contributed by atoms with Gasteiger partial charge in [-0.25, -0.2) is 25.6 Å². The number of rotatable bonds is 4. The van der Waals surface area contributed by atoms with Crippen LogP contribution in [0.25, 0.3) is 11.0 Å². The number of H-pyrrole nitrogens is 1. The minimum atomic E-state index is -4.44. The van der Waals surface area contributed by atoms with E-state index in [1.807, 2.05) is 0 Å². The van der Waals surface area contributed by atoms with Crippen LogP contribution in [0.3, 0.4) is 0 Å². The normalized spacial score (nSPS) is 17.0. The van der Waals surface area contributed by atoms with Crippen molar-refractivity contribution >= 4 is 31.1 Å². The Morgan fingerprint density at radius 2 is 1.34 bits per heavy atom. The van der Waals surface area contributed by atoms with Crippen LogP contribution in [0.15, 0.2) is 46.2 Å². The number of aromatic nitrogens is 3. The fraction of sp³-hybridized carbons (Fsp3) is 0.250. The Labute approximate surface area is 165 Å². The molecule has 4 rings (SSSR count). The first-order chi connectivity index (χ1) is 13.7. The van der Waals surface area contributed by atoms with E-state index in [1.165, 1.54) is 18.2 Å². The van der Waals surface area contributed by atoms with Crippen molar-refractivity contribution < 1.29 is 25.6 Å². The van der Waals surface area contributed by atoms with E-state index < -0.39 is 36.6 Å². The third-order valence-corrected chi connectivity index (χ3v) is 8.49. The first-order valence-corrected chi connectivity index (χ1v) is 11.3. The van der Waals surface area contributed by atoms with E-state index in [0.717, 1.165) is 26.8 Å². The second-order valence-electron chi connectivity index (χ2n) is 6.33. The lowest BCUT2D eigenvalue weighted by atomic mass is 10.3. The summed E-state index contributed by atoms with van der Waals surface area (Å²) in [6.07, 6.45) is 0. The van der Waals surface area contributed by atoms with Crippen molar-refractivity contribution in [3.63, 3.8) is 0 Å². The maximum absolute atomic E-state index is 13.9. The van der Waals surface area contributed by atoms with Gasteiger partial charge in [0.15, 0.2) is 4.90 Å². The highest BCUT2D eigenvalue weighted by atomic mass is 32.2. The van der Waals surface area contributed by atoms with Crippen LogP contribution in [0.2, 0.25) is 0 Å². The van der Waals surface area contributed by atoms with Gasteiger partial charge in [-0.1, -0.05) is 6.07 Å². The summed E-state index contributed by atoms with van der Waals surface area (Å²) in [4.78, 5) is -1.04. The number of nitrogens with zero attached hydrogens (tertiary/aromatic N) is 4. The van der Waals surface area contributed by atoms with Gasteiger partial charge in [0, 0.05) is 26.2 Å². The van der Waals surface area contributed by atoms with E-state index in [0.29, 0.717) is 11.0 Å². The lowest BCUT2D eigenvalue weighted by Gasteiger charge is -2.33. The summed E-state index contributed by atoms with van der Waals surface area (Å²) in [5.41, 5.74) is 0.883. The molecule has 2 aromatic carbocycles. The minimum Gasteiger partial charge on any atom is -0.207 e. The molecule has 1 aliphatic rings. The SMILES string of the molecule is O=S(=O)(c1ccc2n[nH]nc2c1)N1CCN(S(=O)(=O)c2c(F)cccc2F)CC1. The lowest BCUT2D eigenvalue weighted by Crippen LogP contribution is -2.50. The molecule has 0 atom stereocenters. The van der Waals surface area contributed by atoms with Crippen molar-refractivity contribution in [2.75, 3.05) is 26.2 Å². The summed E-state index contributed by atoms with van der Waals surface area (Å²) < 4.78 is 80.8. The fourth-order valence-corrected chi connectivity index (χ4v) is 6.11. The number of piperazine rings is 1. The fourth-order valence-electron chi connectivity index (χ4n) is 3.14. The number of hydrogen-bond donors (Lipinski definition) is 1. The van der Waals surface area contributed by atoms with E-state index in [4.69, 9.17) is 0 Å². The monoisotopic (exact) mass is 443 g/mol. The van der Waals surface area contributed by atoms with Gasteiger partial charge in [-0.15, -0.1) is 0 Å². The van der Waals surface area contributed by atoms with Gasteiger partial charge in [-0.3, -0.25) is 0 Å². The van der Waals surface area contributed by atoms with E-state index in [-0.39, 0.29) is 31.1 Å². The van der Waals surface area contributed by atoms with Gasteiger partial charge in [-0.2, -0.15) is 24.0 Å². The van der Waals surface area contributed by atoms with Gasteiger partial charge in [0.1, 0.15) is 22.7 Å². The molecule has 1 aliphatic heterocycles. The number of fused-ring (bicyclic) bond motifs is 1. The zero-order valence-corrected chi connectivity index (χ0v) is 16.4. The molecule has 1 fully saturated rings. The zero-order valence-electron chi connectivity index (χ0n) is 14.8. The molecule has 154 valence electrons. The molecular formula is C16H15F2N5O4S2. The molecule has 29 heavy (non-hydrogen) atoms. The molecule has 0 aliphatic carbocycles. The van der Waals surface area contributed by atoms with Crippen molar-refractivity contribution in [3.05, 3.63) is 48.0 Å². The van der Waals surface area contributed by atoms with Crippen LogP contribution in [-0.4, -0.2) is 67.0 Å². The summed E-state index contributed by atoms with van der Waals surface area (Å²) in [6, 6.07) is 7.05. The van der Waals surface area contributed by atoms with E-state index in [2.05, 4.69) is 15.4 Å². The predicted molar refractivity (Wildman–Crippen MR) is 97.8 cm³/mol. The van der Waals surface area contributed by atoms with Gasteiger partial charge in [-0.05, 0) is 30.3 Å². The highest BCUT2D eigenvalue weighted by Gasteiger charge is 2.36. The maximum atomic E-state index is 13.9. The highest BCUT2D eigenvalue weighted by molar-refractivity contribution is 7.89. The summed E-state index contributed by atoms with van der Waals surface area (Å²) in [6.45, 7) is -0.786. The molecule has 0 radical (unpaired) electrons. The Morgan fingerprint density at radius 1 is 0.793 bits per heavy atom. The van der Waals surface area contributed by atoms with Crippen LogP contribution in [0.1, 0.15) is 0 Å². The Hall–Kier alpha value is -2.48. The summed E-state index contributed by atoms with van der Waals surface area (Å²) in [5.74, 6) is -2.39. The van der Waals surface area contributed by atoms with Crippen molar-refractivity contribution in [1.29, 1.82) is 0 Å². The molecule has 1 N–H and O–H groups in total. The molecule has 9 nitrogen and oxygen atoms in total. The average molecular weight is 443 g/mol. The molecule has 1 saturated heterocycles.